The molecule has 0 aliphatic rings. The van der Waals surface area contributed by atoms with Crippen molar-refractivity contribution in [3.63, 3.8) is 0 Å². The summed E-state index contributed by atoms with van der Waals surface area (Å²) in [6.07, 6.45) is 1.73. The van der Waals surface area contributed by atoms with Gasteiger partial charge < -0.3 is 5.73 Å². The molecule has 4 nitrogen and oxygen atoms in total. The Bertz CT molecular complexity index is 553. The predicted molar refractivity (Wildman–Crippen MR) is 66.3 cm³/mol. The summed E-state index contributed by atoms with van der Waals surface area (Å²) in [5.74, 6) is -0.509. The third-order valence-corrected chi connectivity index (χ3v) is 3.37. The Morgan fingerprint density at radius 2 is 2.31 bits per heavy atom. The minimum Gasteiger partial charge on any atom is -0.364 e. The first-order valence-electron chi connectivity index (χ1n) is 4.46. The third-order valence-electron chi connectivity index (χ3n) is 2.06. The van der Waals surface area contributed by atoms with Crippen molar-refractivity contribution in [1.29, 1.82) is 0 Å². The minimum atomic E-state index is -0.509. The van der Waals surface area contributed by atoms with Crippen LogP contribution in [0.2, 0.25) is 0 Å². The van der Waals surface area contributed by atoms with E-state index >= 15 is 0 Å². The van der Waals surface area contributed by atoms with E-state index in [1.165, 1.54) is 11.3 Å². The van der Waals surface area contributed by atoms with Crippen molar-refractivity contribution in [2.75, 3.05) is 0 Å². The number of hydrogen-bond donors (Lipinski definition) is 1. The summed E-state index contributed by atoms with van der Waals surface area (Å²) >= 11 is 4.68. The molecule has 0 unspecified atom stereocenters. The second-order valence-corrected chi connectivity index (χ2v) is 4.89. The normalized spacial score (nSPS) is 10.4. The number of thiazole rings is 1. The maximum atomic E-state index is 10.9. The van der Waals surface area contributed by atoms with E-state index in [1.54, 1.807) is 11.6 Å². The second-order valence-electron chi connectivity index (χ2n) is 3.22. The highest BCUT2D eigenvalue weighted by atomic mass is 79.9. The van der Waals surface area contributed by atoms with Crippen LogP contribution >= 0.6 is 27.3 Å². The van der Waals surface area contributed by atoms with Gasteiger partial charge in [0, 0.05) is 17.1 Å². The summed E-state index contributed by atoms with van der Waals surface area (Å²) in [4.78, 5) is 19.2. The topological polar surface area (TPSA) is 68.9 Å². The molecule has 82 valence electrons. The van der Waals surface area contributed by atoms with Crippen molar-refractivity contribution < 1.29 is 4.79 Å². The average Bonchev–Trinajstić information content (AvgIpc) is 2.66. The van der Waals surface area contributed by atoms with Crippen molar-refractivity contribution in [2.24, 2.45) is 5.73 Å². The lowest BCUT2D eigenvalue weighted by atomic mass is 10.2. The van der Waals surface area contributed by atoms with Crippen LogP contribution in [0.15, 0.2) is 22.2 Å². The van der Waals surface area contributed by atoms with Gasteiger partial charge in [0.1, 0.15) is 15.3 Å². The van der Waals surface area contributed by atoms with Gasteiger partial charge in [-0.05, 0) is 34.5 Å². The first-order valence-corrected chi connectivity index (χ1v) is 6.13. The van der Waals surface area contributed by atoms with E-state index < -0.39 is 5.91 Å². The molecule has 2 heterocycles. The van der Waals surface area contributed by atoms with Crippen LogP contribution in [0.4, 0.5) is 0 Å². The van der Waals surface area contributed by atoms with E-state index in [2.05, 4.69) is 25.9 Å². The first-order chi connectivity index (χ1) is 7.58. The lowest BCUT2D eigenvalue weighted by molar-refractivity contribution is 0.0996. The molecule has 2 rings (SSSR count). The molecule has 0 radical (unpaired) electrons. The van der Waals surface area contributed by atoms with Crippen molar-refractivity contribution >= 4 is 33.2 Å². The molecule has 2 aromatic rings. The maximum absolute atomic E-state index is 10.9. The van der Waals surface area contributed by atoms with E-state index in [9.17, 15) is 4.79 Å². The molecule has 0 aliphatic heterocycles. The van der Waals surface area contributed by atoms with Gasteiger partial charge in [-0.2, -0.15) is 0 Å². The summed E-state index contributed by atoms with van der Waals surface area (Å²) in [5, 5.41) is 2.41. The number of carbonyl (C=O) groups excluding carboxylic acids is 1. The van der Waals surface area contributed by atoms with Crippen LogP contribution in [-0.4, -0.2) is 15.9 Å². The smallest absolute Gasteiger partial charge is 0.268 e. The van der Waals surface area contributed by atoms with Crippen LogP contribution in [-0.2, 0) is 0 Å². The molecular formula is C10H8BrN3OS. The van der Waals surface area contributed by atoms with Gasteiger partial charge in [0.15, 0.2) is 0 Å². The molecule has 1 amide bonds. The van der Waals surface area contributed by atoms with E-state index in [0.717, 1.165) is 20.7 Å². The molecule has 0 bridgehead atoms. The lowest BCUT2D eigenvalue weighted by Gasteiger charge is -2.01. The summed E-state index contributed by atoms with van der Waals surface area (Å²) in [7, 11) is 0. The molecule has 0 spiro atoms. The number of primary amides is 1. The van der Waals surface area contributed by atoms with Gasteiger partial charge in [-0.25, -0.2) is 9.97 Å². The Hall–Kier alpha value is -1.27. The molecule has 2 aromatic heterocycles. The molecule has 0 atom stereocenters. The fourth-order valence-corrected chi connectivity index (χ4v) is 2.59. The third kappa shape index (κ3) is 2.12. The van der Waals surface area contributed by atoms with Crippen LogP contribution in [0.25, 0.3) is 10.6 Å². The van der Waals surface area contributed by atoms with E-state index in [1.807, 2.05) is 13.0 Å². The summed E-state index contributed by atoms with van der Waals surface area (Å²) in [6, 6.07) is 1.90. The van der Waals surface area contributed by atoms with Gasteiger partial charge in [0.05, 0.1) is 0 Å². The lowest BCUT2D eigenvalue weighted by Crippen LogP contribution is -2.10. The number of amides is 1. The fraction of sp³-hybridized carbons (Fsp3) is 0.100. The highest BCUT2D eigenvalue weighted by molar-refractivity contribution is 9.10. The average molecular weight is 298 g/mol. The van der Waals surface area contributed by atoms with Gasteiger partial charge in [-0.3, -0.25) is 4.79 Å². The van der Waals surface area contributed by atoms with Crippen LogP contribution in [0.5, 0.6) is 0 Å². The van der Waals surface area contributed by atoms with E-state index in [-0.39, 0.29) is 0 Å². The minimum absolute atomic E-state index is 0.294. The number of aryl methyl sites for hydroxylation is 1. The maximum Gasteiger partial charge on any atom is 0.268 e. The Labute approximate surface area is 105 Å². The number of carbonyl (C=O) groups is 1. The summed E-state index contributed by atoms with van der Waals surface area (Å²) in [5.41, 5.74) is 7.41. The number of pyridine rings is 1. The van der Waals surface area contributed by atoms with Gasteiger partial charge >= 0.3 is 0 Å². The molecule has 2 N–H and O–H groups in total. The van der Waals surface area contributed by atoms with E-state index in [0.29, 0.717) is 5.69 Å². The first kappa shape index (κ1) is 11.2. The standard InChI is InChI=1S/C10H8BrN3OS/c1-5-2-8(11)13-3-6(5)10-14-7(4-16-10)9(12)15/h2-4H,1H3,(H2,12,15). The predicted octanol–water partition coefficient (Wildman–Crippen LogP) is 2.37. The molecular weight excluding hydrogens is 290 g/mol. The zero-order valence-electron chi connectivity index (χ0n) is 8.40. The SMILES string of the molecule is Cc1cc(Br)ncc1-c1nc(C(N)=O)cs1. The molecule has 0 saturated heterocycles. The zero-order chi connectivity index (χ0) is 11.7. The van der Waals surface area contributed by atoms with Crippen LogP contribution in [0.3, 0.4) is 0 Å². The van der Waals surface area contributed by atoms with Crippen molar-refractivity contribution in [3.05, 3.63) is 33.5 Å². The van der Waals surface area contributed by atoms with Gasteiger partial charge in [-0.1, -0.05) is 0 Å². The Morgan fingerprint density at radius 1 is 1.56 bits per heavy atom. The molecule has 0 aliphatic carbocycles. The summed E-state index contributed by atoms with van der Waals surface area (Å²) in [6.45, 7) is 1.97. The summed E-state index contributed by atoms with van der Waals surface area (Å²) < 4.78 is 0.778. The quantitative estimate of drug-likeness (QED) is 0.865. The van der Waals surface area contributed by atoms with Gasteiger partial charge in [-0.15, -0.1) is 11.3 Å². The Morgan fingerprint density at radius 3 is 2.88 bits per heavy atom. The fourth-order valence-electron chi connectivity index (χ4n) is 1.26. The van der Waals surface area contributed by atoms with Gasteiger partial charge in [0.25, 0.3) is 5.91 Å². The highest BCUT2D eigenvalue weighted by Gasteiger charge is 2.10. The molecule has 0 aromatic carbocycles. The largest absolute Gasteiger partial charge is 0.364 e. The monoisotopic (exact) mass is 297 g/mol. The molecule has 0 saturated carbocycles. The number of aromatic nitrogens is 2. The van der Waals surface area contributed by atoms with Crippen molar-refractivity contribution in [3.8, 4) is 10.6 Å². The number of hydrogen-bond acceptors (Lipinski definition) is 4. The van der Waals surface area contributed by atoms with Crippen LogP contribution in [0, 0.1) is 6.92 Å². The van der Waals surface area contributed by atoms with Crippen molar-refractivity contribution in [2.45, 2.75) is 6.92 Å². The number of nitrogens with zero attached hydrogens (tertiary/aromatic N) is 2. The Kier molecular flexibility index (Phi) is 3.02. The van der Waals surface area contributed by atoms with Gasteiger partial charge in [0.2, 0.25) is 0 Å². The number of rotatable bonds is 2. The van der Waals surface area contributed by atoms with Crippen LogP contribution < -0.4 is 5.73 Å². The zero-order valence-corrected chi connectivity index (χ0v) is 10.8. The number of nitrogens with two attached hydrogens (primary N) is 1. The van der Waals surface area contributed by atoms with Crippen molar-refractivity contribution in [1.82, 2.24) is 9.97 Å². The second kappa shape index (κ2) is 4.31. The Balaban J connectivity index is 2.46. The number of halogens is 1. The highest BCUT2D eigenvalue weighted by Crippen LogP contribution is 2.27. The molecule has 6 heteroatoms. The van der Waals surface area contributed by atoms with E-state index in [4.69, 9.17) is 5.73 Å². The molecule has 16 heavy (non-hydrogen) atoms. The molecule has 0 fully saturated rings. The van der Waals surface area contributed by atoms with Crippen LogP contribution in [0.1, 0.15) is 16.1 Å².